The largest absolute Gasteiger partial charge is 0.480 e. The van der Waals surface area contributed by atoms with Gasteiger partial charge in [-0.3, -0.25) is 14.4 Å². The zero-order valence-electron chi connectivity index (χ0n) is 11.2. The Morgan fingerprint density at radius 2 is 2.12 bits per heavy atom. The number of hydrogen-bond donors (Lipinski definition) is 1. The number of aryl methyl sites for hydroxylation is 2. The van der Waals surface area contributed by atoms with Crippen molar-refractivity contribution in [2.24, 2.45) is 7.05 Å². The summed E-state index contributed by atoms with van der Waals surface area (Å²) in [4.78, 5) is 12.8. The highest BCUT2D eigenvalue weighted by Crippen LogP contribution is 2.18. The van der Waals surface area contributed by atoms with Crippen molar-refractivity contribution in [1.82, 2.24) is 14.7 Å². The van der Waals surface area contributed by atoms with Gasteiger partial charge in [0.1, 0.15) is 0 Å². The van der Waals surface area contributed by atoms with Crippen LogP contribution < -0.4 is 0 Å². The molecular formula is C12H21N3O2. The molecule has 0 aliphatic rings. The van der Waals surface area contributed by atoms with Gasteiger partial charge in [0.25, 0.3) is 0 Å². The average molecular weight is 239 g/mol. The van der Waals surface area contributed by atoms with Crippen molar-refractivity contribution in [3.05, 3.63) is 17.5 Å². The van der Waals surface area contributed by atoms with E-state index in [1.54, 1.807) is 4.68 Å². The maximum Gasteiger partial charge on any atom is 0.317 e. The van der Waals surface area contributed by atoms with Crippen molar-refractivity contribution < 1.29 is 9.90 Å². The summed E-state index contributed by atoms with van der Waals surface area (Å²) in [5.41, 5.74) is 1.84. The quantitative estimate of drug-likeness (QED) is 0.863. The Morgan fingerprint density at radius 3 is 2.47 bits per heavy atom. The van der Waals surface area contributed by atoms with E-state index in [1.807, 2.05) is 45.8 Å². The minimum absolute atomic E-state index is 0.0395. The third-order valence-electron chi connectivity index (χ3n) is 2.75. The molecule has 96 valence electrons. The van der Waals surface area contributed by atoms with Crippen LogP contribution >= 0.6 is 0 Å². The minimum Gasteiger partial charge on any atom is -0.480 e. The fourth-order valence-electron chi connectivity index (χ4n) is 1.70. The molecule has 5 heteroatoms. The summed E-state index contributed by atoms with van der Waals surface area (Å²) < 4.78 is 1.76. The molecule has 0 fully saturated rings. The molecular weight excluding hydrogens is 218 g/mol. The SMILES string of the molecule is Cc1nn(C)cc1CN(CC(=O)O)C(C)(C)C. The number of hydrogen-bond acceptors (Lipinski definition) is 3. The first-order chi connectivity index (χ1) is 7.70. The summed E-state index contributed by atoms with van der Waals surface area (Å²) in [6.45, 7) is 8.63. The third-order valence-corrected chi connectivity index (χ3v) is 2.75. The van der Waals surface area contributed by atoms with Gasteiger partial charge in [-0.15, -0.1) is 0 Å². The Balaban J connectivity index is 2.86. The first-order valence-electron chi connectivity index (χ1n) is 5.66. The molecule has 0 aromatic carbocycles. The molecule has 1 aromatic heterocycles. The second-order valence-electron chi connectivity index (χ2n) is 5.33. The second kappa shape index (κ2) is 4.87. The molecule has 0 aliphatic heterocycles. The molecule has 1 aromatic rings. The minimum atomic E-state index is -0.804. The first kappa shape index (κ1) is 13.7. The maximum absolute atomic E-state index is 10.9. The van der Waals surface area contributed by atoms with Gasteiger partial charge in [0.2, 0.25) is 0 Å². The lowest BCUT2D eigenvalue weighted by atomic mass is 10.0. The van der Waals surface area contributed by atoms with Gasteiger partial charge >= 0.3 is 5.97 Å². The number of rotatable bonds is 4. The average Bonchev–Trinajstić information content (AvgIpc) is 2.41. The second-order valence-corrected chi connectivity index (χ2v) is 5.33. The van der Waals surface area contributed by atoms with E-state index in [9.17, 15) is 4.79 Å². The van der Waals surface area contributed by atoms with E-state index in [0.29, 0.717) is 6.54 Å². The van der Waals surface area contributed by atoms with Gasteiger partial charge in [-0.25, -0.2) is 0 Å². The Labute approximate surface area is 102 Å². The summed E-state index contributed by atoms with van der Waals surface area (Å²) in [6.07, 6.45) is 1.94. The van der Waals surface area contributed by atoms with Crippen molar-refractivity contribution in [2.75, 3.05) is 6.54 Å². The van der Waals surface area contributed by atoms with E-state index in [2.05, 4.69) is 5.10 Å². The number of carbonyl (C=O) groups is 1. The molecule has 1 rings (SSSR count). The Hall–Kier alpha value is -1.36. The Bertz CT molecular complexity index is 404. The van der Waals surface area contributed by atoms with Crippen molar-refractivity contribution in [3.8, 4) is 0 Å². The number of nitrogens with zero attached hydrogens (tertiary/aromatic N) is 3. The van der Waals surface area contributed by atoms with Crippen LogP contribution in [-0.2, 0) is 18.4 Å². The summed E-state index contributed by atoms with van der Waals surface area (Å²) in [6, 6.07) is 0. The van der Waals surface area contributed by atoms with Gasteiger partial charge in [-0.1, -0.05) is 0 Å². The number of aromatic nitrogens is 2. The first-order valence-corrected chi connectivity index (χ1v) is 5.66. The van der Waals surface area contributed by atoms with Crippen LogP contribution in [0, 0.1) is 6.92 Å². The summed E-state index contributed by atoms with van der Waals surface area (Å²) in [7, 11) is 1.87. The number of carboxylic acid groups (broad SMARTS) is 1. The maximum atomic E-state index is 10.9. The monoisotopic (exact) mass is 239 g/mol. The highest BCUT2D eigenvalue weighted by atomic mass is 16.4. The predicted molar refractivity (Wildman–Crippen MR) is 65.7 cm³/mol. The van der Waals surface area contributed by atoms with Gasteiger partial charge in [0.05, 0.1) is 12.2 Å². The highest BCUT2D eigenvalue weighted by molar-refractivity contribution is 5.69. The molecule has 1 heterocycles. The van der Waals surface area contributed by atoms with Crippen LogP contribution in [0.3, 0.4) is 0 Å². The van der Waals surface area contributed by atoms with Crippen molar-refractivity contribution in [3.63, 3.8) is 0 Å². The molecule has 17 heavy (non-hydrogen) atoms. The molecule has 0 atom stereocenters. The molecule has 0 spiro atoms. The summed E-state index contributed by atoms with van der Waals surface area (Å²) >= 11 is 0. The molecule has 0 saturated heterocycles. The van der Waals surface area contributed by atoms with Crippen LogP contribution in [0.2, 0.25) is 0 Å². The topological polar surface area (TPSA) is 58.4 Å². The van der Waals surface area contributed by atoms with E-state index in [0.717, 1.165) is 11.3 Å². The highest BCUT2D eigenvalue weighted by Gasteiger charge is 2.24. The van der Waals surface area contributed by atoms with E-state index >= 15 is 0 Å². The van der Waals surface area contributed by atoms with Gasteiger partial charge in [-0.2, -0.15) is 5.10 Å². The van der Waals surface area contributed by atoms with Crippen LogP contribution in [0.5, 0.6) is 0 Å². The van der Waals surface area contributed by atoms with E-state index < -0.39 is 5.97 Å². The Morgan fingerprint density at radius 1 is 1.53 bits per heavy atom. The van der Waals surface area contributed by atoms with Crippen LogP contribution in [0.15, 0.2) is 6.20 Å². The lowest BCUT2D eigenvalue weighted by Crippen LogP contribution is -2.43. The standard InChI is InChI=1S/C12H21N3O2/c1-9-10(6-14(5)13-9)7-15(8-11(16)17)12(2,3)4/h6H,7-8H2,1-5H3,(H,16,17). The van der Waals surface area contributed by atoms with E-state index in [4.69, 9.17) is 5.11 Å². The summed E-state index contributed by atoms with van der Waals surface area (Å²) in [5, 5.41) is 13.2. The predicted octanol–water partition coefficient (Wildman–Crippen LogP) is 1.41. The lowest BCUT2D eigenvalue weighted by Gasteiger charge is -2.34. The van der Waals surface area contributed by atoms with Crippen LogP contribution in [-0.4, -0.2) is 37.8 Å². The fourth-order valence-corrected chi connectivity index (χ4v) is 1.70. The van der Waals surface area contributed by atoms with Crippen LogP contribution in [0.25, 0.3) is 0 Å². The molecule has 0 aliphatic carbocycles. The smallest absolute Gasteiger partial charge is 0.317 e. The molecule has 0 unspecified atom stereocenters. The zero-order chi connectivity index (χ0) is 13.2. The van der Waals surface area contributed by atoms with Crippen molar-refractivity contribution in [1.29, 1.82) is 0 Å². The van der Waals surface area contributed by atoms with Gasteiger partial charge in [0, 0.05) is 30.9 Å². The molecule has 0 amide bonds. The van der Waals surface area contributed by atoms with Gasteiger partial charge in [0.15, 0.2) is 0 Å². The Kier molecular flexibility index (Phi) is 3.93. The van der Waals surface area contributed by atoms with Crippen molar-refractivity contribution in [2.45, 2.75) is 39.8 Å². The molecule has 5 nitrogen and oxygen atoms in total. The summed E-state index contributed by atoms with van der Waals surface area (Å²) in [5.74, 6) is -0.804. The number of aliphatic carboxylic acids is 1. The van der Waals surface area contributed by atoms with Crippen LogP contribution in [0.4, 0.5) is 0 Å². The lowest BCUT2D eigenvalue weighted by molar-refractivity contribution is -0.139. The molecule has 0 radical (unpaired) electrons. The van der Waals surface area contributed by atoms with Gasteiger partial charge in [-0.05, 0) is 27.7 Å². The van der Waals surface area contributed by atoms with E-state index in [-0.39, 0.29) is 12.1 Å². The van der Waals surface area contributed by atoms with E-state index in [1.165, 1.54) is 0 Å². The molecule has 1 N–H and O–H groups in total. The zero-order valence-corrected chi connectivity index (χ0v) is 11.2. The third kappa shape index (κ3) is 3.85. The normalized spacial score (nSPS) is 12.1. The molecule has 0 bridgehead atoms. The van der Waals surface area contributed by atoms with Crippen LogP contribution in [0.1, 0.15) is 32.0 Å². The number of carboxylic acids is 1. The van der Waals surface area contributed by atoms with Gasteiger partial charge < -0.3 is 5.11 Å². The van der Waals surface area contributed by atoms with Crippen molar-refractivity contribution >= 4 is 5.97 Å². The molecule has 0 saturated carbocycles. The fraction of sp³-hybridized carbons (Fsp3) is 0.667.